The molecule has 0 spiro atoms. The summed E-state index contributed by atoms with van der Waals surface area (Å²) in [5, 5.41) is 11.5. The molecule has 0 radical (unpaired) electrons. The summed E-state index contributed by atoms with van der Waals surface area (Å²) in [5.41, 5.74) is 0.425. The summed E-state index contributed by atoms with van der Waals surface area (Å²) in [6.07, 6.45) is 1.41. The molecule has 0 bridgehead atoms. The first-order chi connectivity index (χ1) is 17.7. The summed E-state index contributed by atoms with van der Waals surface area (Å²) in [5.74, 6) is 1.13. The molecular weight excluding hydrogens is 516 g/mol. The quantitative estimate of drug-likeness (QED) is 0.204. The van der Waals surface area contributed by atoms with Gasteiger partial charge in [-0.2, -0.15) is 14.6 Å². The number of ether oxygens (including phenoxy) is 3. The number of carbonyl (C=O) groups excluding carboxylic acids is 1. The third-order valence-electron chi connectivity index (χ3n) is 4.70. The van der Waals surface area contributed by atoms with Crippen LogP contribution in [0.25, 0.3) is 6.08 Å². The van der Waals surface area contributed by atoms with Crippen molar-refractivity contribution < 1.29 is 27.4 Å². The van der Waals surface area contributed by atoms with Gasteiger partial charge >= 0.3 is 0 Å². The van der Waals surface area contributed by atoms with Crippen molar-refractivity contribution >= 4 is 38.5 Å². The summed E-state index contributed by atoms with van der Waals surface area (Å²) >= 11 is 0.736. The van der Waals surface area contributed by atoms with Gasteiger partial charge in [-0.15, -0.1) is 0 Å². The van der Waals surface area contributed by atoms with E-state index in [0.29, 0.717) is 30.3 Å². The zero-order valence-electron chi connectivity index (χ0n) is 20.5. The van der Waals surface area contributed by atoms with Gasteiger partial charge < -0.3 is 14.2 Å². The minimum Gasteiger partial charge on any atom is -0.497 e. The molecule has 3 rings (SSSR count). The first-order valence-electron chi connectivity index (χ1n) is 11.2. The second-order valence-corrected chi connectivity index (χ2v) is 10.8. The molecule has 0 fully saturated rings. The molecule has 0 saturated heterocycles. The molecule has 10 nitrogen and oxygen atoms in total. The van der Waals surface area contributed by atoms with Gasteiger partial charge in [-0.3, -0.25) is 10.1 Å². The monoisotopic (exact) mass is 542 g/mol. The molecule has 1 heterocycles. The molecule has 0 unspecified atom stereocenters. The molecule has 0 aliphatic rings. The molecule has 0 aliphatic heterocycles. The molecule has 0 atom stereocenters. The van der Waals surface area contributed by atoms with E-state index in [1.165, 1.54) is 6.08 Å². The number of nitriles is 1. The molecule has 1 N–H and O–H groups in total. The van der Waals surface area contributed by atoms with Crippen LogP contribution in [0.3, 0.4) is 0 Å². The van der Waals surface area contributed by atoms with Crippen LogP contribution in [0.5, 0.6) is 17.2 Å². The summed E-state index contributed by atoms with van der Waals surface area (Å²) in [7, 11) is -2.05. The summed E-state index contributed by atoms with van der Waals surface area (Å²) in [6, 6.07) is 15.9. The van der Waals surface area contributed by atoms with Crippen LogP contribution in [-0.4, -0.2) is 49.8 Å². The third-order valence-corrected chi connectivity index (χ3v) is 7.29. The number of amides is 1. The van der Waals surface area contributed by atoms with E-state index in [4.69, 9.17) is 14.2 Å². The lowest BCUT2D eigenvalue weighted by Crippen LogP contribution is -2.15. The van der Waals surface area contributed by atoms with Crippen LogP contribution < -0.4 is 19.5 Å². The van der Waals surface area contributed by atoms with Crippen LogP contribution in [0.2, 0.25) is 0 Å². The van der Waals surface area contributed by atoms with Crippen molar-refractivity contribution in [1.29, 1.82) is 5.26 Å². The minimum atomic E-state index is -3.65. The Morgan fingerprint density at radius 3 is 2.16 bits per heavy atom. The van der Waals surface area contributed by atoms with Gasteiger partial charge in [0.1, 0.15) is 42.1 Å². The second kappa shape index (κ2) is 12.8. The summed E-state index contributed by atoms with van der Waals surface area (Å²) in [4.78, 5) is 16.4. The number of aromatic nitrogens is 2. The van der Waals surface area contributed by atoms with E-state index < -0.39 is 15.7 Å². The largest absolute Gasteiger partial charge is 0.497 e. The predicted molar refractivity (Wildman–Crippen MR) is 139 cm³/mol. The van der Waals surface area contributed by atoms with Gasteiger partial charge in [0.05, 0.1) is 12.9 Å². The Kier molecular flexibility index (Phi) is 9.59. The van der Waals surface area contributed by atoms with Gasteiger partial charge in [0, 0.05) is 11.5 Å². The molecular formula is C25H26N4O6S2. The number of carbonyl (C=O) groups is 1. The number of nitrogens with zero attached hydrogens (tertiary/aromatic N) is 3. The van der Waals surface area contributed by atoms with Crippen molar-refractivity contribution in [1.82, 2.24) is 9.36 Å². The first kappa shape index (κ1) is 27.6. The predicted octanol–water partition coefficient (Wildman–Crippen LogP) is 3.98. The standard InChI is InChI=1S/C25H26N4O6S2/c1-17(2)16-37(31,32)25-28-24(36-29-25)27-23(30)19(15-26)14-18-4-6-21(7-5-18)34-12-13-35-22-10-8-20(33-3)9-11-22/h4-11,14,17H,12-13,16H2,1-3H3,(H,27,28,29,30). The van der Waals surface area contributed by atoms with Crippen molar-refractivity contribution in [3.05, 3.63) is 59.7 Å². The lowest BCUT2D eigenvalue weighted by molar-refractivity contribution is -0.112. The Hall–Kier alpha value is -3.95. The average molecular weight is 543 g/mol. The van der Waals surface area contributed by atoms with E-state index >= 15 is 0 Å². The maximum Gasteiger partial charge on any atom is 0.268 e. The molecule has 3 aromatic rings. The molecule has 12 heteroatoms. The molecule has 1 amide bonds. The molecule has 1 aromatic heterocycles. The molecule has 194 valence electrons. The van der Waals surface area contributed by atoms with Crippen molar-refractivity contribution in [3.8, 4) is 23.3 Å². The minimum absolute atomic E-state index is 0.00547. The van der Waals surface area contributed by atoms with Gasteiger partial charge in [-0.05, 0) is 54.0 Å². The van der Waals surface area contributed by atoms with Crippen LogP contribution in [0.15, 0.2) is 59.3 Å². The summed E-state index contributed by atoms with van der Waals surface area (Å²) < 4.78 is 44.7. The van der Waals surface area contributed by atoms with E-state index in [-0.39, 0.29) is 27.5 Å². The van der Waals surface area contributed by atoms with Crippen molar-refractivity contribution in [2.75, 3.05) is 31.4 Å². The van der Waals surface area contributed by atoms with Crippen LogP contribution in [0, 0.1) is 17.2 Å². The van der Waals surface area contributed by atoms with E-state index in [1.807, 2.05) is 30.3 Å². The van der Waals surface area contributed by atoms with Gasteiger partial charge in [0.15, 0.2) is 0 Å². The highest BCUT2D eigenvalue weighted by molar-refractivity contribution is 7.91. The fraction of sp³-hybridized carbons (Fsp3) is 0.280. The fourth-order valence-electron chi connectivity index (χ4n) is 3.03. The molecule has 37 heavy (non-hydrogen) atoms. The van der Waals surface area contributed by atoms with E-state index in [1.54, 1.807) is 45.2 Å². The van der Waals surface area contributed by atoms with Crippen molar-refractivity contribution in [3.63, 3.8) is 0 Å². The topological polar surface area (TPSA) is 140 Å². The number of benzene rings is 2. The number of methoxy groups -OCH3 is 1. The highest BCUT2D eigenvalue weighted by atomic mass is 32.2. The lowest BCUT2D eigenvalue weighted by atomic mass is 10.1. The lowest BCUT2D eigenvalue weighted by Gasteiger charge is -2.09. The van der Waals surface area contributed by atoms with Gasteiger partial charge in [0.25, 0.3) is 11.1 Å². The average Bonchev–Trinajstić information content (AvgIpc) is 3.35. The Morgan fingerprint density at radius 2 is 1.62 bits per heavy atom. The van der Waals surface area contributed by atoms with E-state index in [0.717, 1.165) is 17.3 Å². The van der Waals surface area contributed by atoms with Crippen LogP contribution >= 0.6 is 11.5 Å². The second-order valence-electron chi connectivity index (χ2n) is 8.12. The normalized spacial score (nSPS) is 11.6. The van der Waals surface area contributed by atoms with Gasteiger partial charge in [-0.1, -0.05) is 26.0 Å². The van der Waals surface area contributed by atoms with Crippen LogP contribution in [0.1, 0.15) is 19.4 Å². The number of nitrogens with one attached hydrogen (secondary N) is 1. The molecule has 2 aromatic carbocycles. The molecule has 0 aliphatic carbocycles. The van der Waals surface area contributed by atoms with E-state index in [2.05, 4.69) is 14.7 Å². The Balaban J connectivity index is 1.53. The Morgan fingerprint density at radius 1 is 1.05 bits per heavy atom. The fourth-order valence-corrected chi connectivity index (χ4v) is 5.38. The third kappa shape index (κ3) is 8.30. The highest BCUT2D eigenvalue weighted by Crippen LogP contribution is 2.20. The maximum atomic E-state index is 12.5. The number of sulfone groups is 1. The Labute approximate surface area is 219 Å². The Bertz CT molecular complexity index is 1380. The van der Waals surface area contributed by atoms with Crippen molar-refractivity contribution in [2.45, 2.75) is 19.0 Å². The number of hydrogen-bond donors (Lipinski definition) is 1. The summed E-state index contributed by atoms with van der Waals surface area (Å²) in [6.45, 7) is 4.21. The number of hydrogen-bond acceptors (Lipinski definition) is 10. The SMILES string of the molecule is COc1ccc(OCCOc2ccc(C=C(C#N)C(=O)Nc3nc(S(=O)(=O)CC(C)C)ns3)cc2)cc1. The van der Waals surface area contributed by atoms with Crippen molar-refractivity contribution in [2.24, 2.45) is 5.92 Å². The zero-order chi connectivity index (χ0) is 26.8. The highest BCUT2D eigenvalue weighted by Gasteiger charge is 2.23. The smallest absolute Gasteiger partial charge is 0.268 e. The van der Waals surface area contributed by atoms with Crippen LogP contribution in [-0.2, 0) is 14.6 Å². The molecule has 0 saturated carbocycles. The van der Waals surface area contributed by atoms with Gasteiger partial charge in [-0.25, -0.2) is 8.42 Å². The number of anilines is 1. The maximum absolute atomic E-state index is 12.5. The van der Waals surface area contributed by atoms with Gasteiger partial charge in [0.2, 0.25) is 15.0 Å². The number of rotatable bonds is 12. The zero-order valence-corrected chi connectivity index (χ0v) is 22.1. The van der Waals surface area contributed by atoms with Crippen LogP contribution in [0.4, 0.5) is 5.13 Å². The first-order valence-corrected chi connectivity index (χ1v) is 13.6. The van der Waals surface area contributed by atoms with E-state index in [9.17, 15) is 18.5 Å².